The van der Waals surface area contributed by atoms with Gasteiger partial charge >= 0.3 is 0 Å². The fraction of sp³-hybridized carbons (Fsp3) is 0.765. The largest absolute Gasteiger partial charge is 0.366 e. The Morgan fingerprint density at radius 2 is 1.43 bits per heavy atom. The van der Waals surface area contributed by atoms with Crippen LogP contribution in [0.4, 0.5) is 0 Å². The molecule has 2 rings (SSSR count). The Balaban J connectivity index is 1.43. The van der Waals surface area contributed by atoms with Crippen molar-refractivity contribution in [3.63, 3.8) is 0 Å². The molecule has 3 unspecified atom stereocenters. The summed E-state index contributed by atoms with van der Waals surface area (Å²) in [6.45, 7) is 10.7. The Kier molecular flexibility index (Phi) is 16.4. The number of allylic oxidation sites excluding steroid dienone is 8. The first kappa shape index (κ1) is 32.1. The van der Waals surface area contributed by atoms with Gasteiger partial charge in [0.2, 0.25) is 0 Å². The molecule has 0 aliphatic carbocycles. The fourth-order valence-electron chi connectivity index (χ4n) is 5.31. The lowest BCUT2D eigenvalue weighted by atomic mass is 9.82. The molecule has 0 spiro atoms. The summed E-state index contributed by atoms with van der Waals surface area (Å²) in [6.07, 6.45) is 38.0. The molecule has 2 saturated heterocycles. The van der Waals surface area contributed by atoms with Gasteiger partial charge in [0.25, 0.3) is 0 Å². The van der Waals surface area contributed by atoms with Gasteiger partial charge in [-0.15, -0.1) is 0 Å². The standard InChI is InChI=1S/C34H58O3/c1-5-6-7-8-9-10-11-12-13-14-15-16-17-18-19-20-21-22-23-26-31-34(4,37-31)29-33(2,3)30-36-32-27-24-25-28-35-32/h12-13,15-16,18-19,21-22,31-32H,5-11,14,17,20,23-30H2,1-4H3/b13-12-,16-15-,19-18-,22-21-. The van der Waals surface area contributed by atoms with Gasteiger partial charge in [0.15, 0.2) is 6.29 Å². The van der Waals surface area contributed by atoms with E-state index in [-0.39, 0.29) is 17.3 Å². The minimum atomic E-state index is -0.00588. The van der Waals surface area contributed by atoms with Crippen LogP contribution in [-0.2, 0) is 14.2 Å². The Morgan fingerprint density at radius 3 is 2.08 bits per heavy atom. The van der Waals surface area contributed by atoms with Crippen molar-refractivity contribution in [3.05, 3.63) is 48.6 Å². The van der Waals surface area contributed by atoms with Gasteiger partial charge in [0.05, 0.1) is 18.3 Å². The first-order valence-corrected chi connectivity index (χ1v) is 15.5. The second kappa shape index (κ2) is 19.0. The van der Waals surface area contributed by atoms with Gasteiger partial charge in [-0.3, -0.25) is 0 Å². The molecule has 0 bridgehead atoms. The predicted molar refractivity (Wildman–Crippen MR) is 159 cm³/mol. The third-order valence-electron chi connectivity index (χ3n) is 7.47. The average Bonchev–Trinajstić information content (AvgIpc) is 3.52. The first-order valence-electron chi connectivity index (χ1n) is 15.5. The monoisotopic (exact) mass is 514 g/mol. The molecule has 3 heteroatoms. The van der Waals surface area contributed by atoms with Crippen LogP contribution >= 0.6 is 0 Å². The van der Waals surface area contributed by atoms with Crippen LogP contribution in [0.25, 0.3) is 0 Å². The number of ether oxygens (including phenoxy) is 3. The highest BCUT2D eigenvalue weighted by Gasteiger charge is 2.53. The van der Waals surface area contributed by atoms with Crippen molar-refractivity contribution in [2.45, 2.75) is 148 Å². The second-order valence-corrected chi connectivity index (χ2v) is 12.1. The highest BCUT2D eigenvalue weighted by Crippen LogP contribution is 2.47. The molecule has 2 heterocycles. The lowest BCUT2D eigenvalue weighted by molar-refractivity contribution is -0.177. The van der Waals surface area contributed by atoms with E-state index in [1.807, 2.05) is 0 Å². The summed E-state index contributed by atoms with van der Waals surface area (Å²) in [5, 5.41) is 0. The van der Waals surface area contributed by atoms with E-state index in [1.54, 1.807) is 0 Å². The summed E-state index contributed by atoms with van der Waals surface area (Å²) in [5.41, 5.74) is 0.104. The van der Waals surface area contributed by atoms with Crippen LogP contribution in [-0.4, -0.2) is 31.2 Å². The topological polar surface area (TPSA) is 31.0 Å². The first-order chi connectivity index (χ1) is 18.0. The minimum Gasteiger partial charge on any atom is -0.366 e. The highest BCUT2D eigenvalue weighted by molar-refractivity contribution is 5.04. The third kappa shape index (κ3) is 15.8. The SMILES string of the molecule is CCCCCCCC/C=C\C/C=C\C/C=C\C/C=C\CCC1OC1(C)CC(C)(C)COC1CCCCO1. The number of rotatable bonds is 21. The molecule has 0 amide bonds. The van der Waals surface area contributed by atoms with E-state index >= 15 is 0 Å². The Bertz CT molecular complexity index is 683. The lowest BCUT2D eigenvalue weighted by Gasteiger charge is -2.30. The van der Waals surface area contributed by atoms with Crippen LogP contribution in [0.1, 0.15) is 130 Å². The van der Waals surface area contributed by atoms with Crippen LogP contribution < -0.4 is 0 Å². The molecule has 3 atom stereocenters. The summed E-state index contributed by atoms with van der Waals surface area (Å²) in [7, 11) is 0. The molecular formula is C34H58O3. The molecule has 3 nitrogen and oxygen atoms in total. The quantitative estimate of drug-likeness (QED) is 0.0867. The number of hydrogen-bond donors (Lipinski definition) is 0. The van der Waals surface area contributed by atoms with Crippen LogP contribution in [0.5, 0.6) is 0 Å². The molecule has 2 aliphatic heterocycles. The van der Waals surface area contributed by atoms with E-state index in [0.29, 0.717) is 6.10 Å². The predicted octanol–water partition coefficient (Wildman–Crippen LogP) is 10.0. The zero-order chi connectivity index (χ0) is 26.7. The van der Waals surface area contributed by atoms with E-state index in [1.165, 1.54) is 51.4 Å². The van der Waals surface area contributed by atoms with Crippen molar-refractivity contribution in [1.82, 2.24) is 0 Å². The molecule has 37 heavy (non-hydrogen) atoms. The minimum absolute atomic E-state index is 0.00376. The highest BCUT2D eigenvalue weighted by atomic mass is 16.7. The van der Waals surface area contributed by atoms with Crippen molar-refractivity contribution in [3.8, 4) is 0 Å². The van der Waals surface area contributed by atoms with Crippen LogP contribution in [0.3, 0.4) is 0 Å². The van der Waals surface area contributed by atoms with E-state index < -0.39 is 0 Å². The van der Waals surface area contributed by atoms with Gasteiger partial charge < -0.3 is 14.2 Å². The van der Waals surface area contributed by atoms with E-state index in [9.17, 15) is 0 Å². The third-order valence-corrected chi connectivity index (χ3v) is 7.47. The molecule has 0 aromatic heterocycles. The van der Waals surface area contributed by atoms with Crippen molar-refractivity contribution < 1.29 is 14.2 Å². The smallest absolute Gasteiger partial charge is 0.157 e. The van der Waals surface area contributed by atoms with Crippen LogP contribution in [0.2, 0.25) is 0 Å². The second-order valence-electron chi connectivity index (χ2n) is 12.1. The van der Waals surface area contributed by atoms with Crippen molar-refractivity contribution in [2.24, 2.45) is 5.41 Å². The van der Waals surface area contributed by atoms with Gasteiger partial charge in [-0.2, -0.15) is 0 Å². The maximum absolute atomic E-state index is 6.12. The van der Waals surface area contributed by atoms with Crippen molar-refractivity contribution in [2.75, 3.05) is 13.2 Å². The summed E-state index contributed by atoms with van der Waals surface area (Å²) < 4.78 is 17.9. The van der Waals surface area contributed by atoms with Crippen LogP contribution in [0, 0.1) is 5.41 Å². The summed E-state index contributed by atoms with van der Waals surface area (Å²) in [6, 6.07) is 0. The molecule has 2 aliphatic rings. The molecule has 2 fully saturated rings. The van der Waals surface area contributed by atoms with Gasteiger partial charge in [0, 0.05) is 6.61 Å². The maximum Gasteiger partial charge on any atom is 0.157 e. The molecule has 0 radical (unpaired) electrons. The Hall–Kier alpha value is -1.16. The lowest BCUT2D eigenvalue weighted by Crippen LogP contribution is -2.31. The fourth-order valence-corrected chi connectivity index (χ4v) is 5.31. The van der Waals surface area contributed by atoms with Gasteiger partial charge in [-0.25, -0.2) is 0 Å². The average molecular weight is 515 g/mol. The molecule has 212 valence electrons. The van der Waals surface area contributed by atoms with E-state index in [2.05, 4.69) is 76.3 Å². The zero-order valence-corrected chi connectivity index (χ0v) is 24.7. The molecule has 0 aromatic rings. The van der Waals surface area contributed by atoms with Crippen LogP contribution in [0.15, 0.2) is 48.6 Å². The van der Waals surface area contributed by atoms with Crippen molar-refractivity contribution >= 4 is 0 Å². The molecule has 0 N–H and O–H groups in total. The molecule has 0 aromatic carbocycles. The van der Waals surface area contributed by atoms with Crippen molar-refractivity contribution in [1.29, 1.82) is 0 Å². The van der Waals surface area contributed by atoms with Gasteiger partial charge in [0.1, 0.15) is 0 Å². The van der Waals surface area contributed by atoms with Gasteiger partial charge in [-0.1, -0.05) is 101 Å². The van der Waals surface area contributed by atoms with Gasteiger partial charge in [-0.05, 0) is 83.0 Å². The van der Waals surface area contributed by atoms with E-state index in [0.717, 1.165) is 64.6 Å². The number of epoxide rings is 1. The summed E-state index contributed by atoms with van der Waals surface area (Å²) in [5.74, 6) is 0. The number of hydrogen-bond acceptors (Lipinski definition) is 3. The summed E-state index contributed by atoms with van der Waals surface area (Å²) in [4.78, 5) is 0. The zero-order valence-electron chi connectivity index (χ0n) is 24.7. The molecular weight excluding hydrogens is 456 g/mol. The Labute approximate surface area is 229 Å². The maximum atomic E-state index is 6.12. The number of unbranched alkanes of at least 4 members (excludes halogenated alkanes) is 6. The normalized spacial score (nSPS) is 24.9. The van der Waals surface area contributed by atoms with E-state index in [4.69, 9.17) is 14.2 Å². The molecule has 0 saturated carbocycles. The summed E-state index contributed by atoms with van der Waals surface area (Å²) >= 11 is 0. The Morgan fingerprint density at radius 1 is 0.811 bits per heavy atom.